The standard InChI is InChI=1S/C14H20ClNO3/c1-11(2)16(10-14(17)18-3)8-9-19-13-6-4-12(15)5-7-13/h4-7,11H,8-10H2,1-3H3. The fraction of sp³-hybridized carbons (Fsp3) is 0.500. The Balaban J connectivity index is 2.39. The molecule has 1 aromatic carbocycles. The van der Waals surface area contributed by atoms with Crippen LogP contribution >= 0.6 is 11.6 Å². The van der Waals surface area contributed by atoms with Gasteiger partial charge in [0.1, 0.15) is 12.4 Å². The molecule has 0 aliphatic heterocycles. The summed E-state index contributed by atoms with van der Waals surface area (Å²) in [6, 6.07) is 7.47. The van der Waals surface area contributed by atoms with Gasteiger partial charge in [0.25, 0.3) is 0 Å². The van der Waals surface area contributed by atoms with Crippen LogP contribution in [-0.2, 0) is 9.53 Å². The van der Waals surface area contributed by atoms with E-state index >= 15 is 0 Å². The Labute approximate surface area is 119 Å². The third kappa shape index (κ3) is 5.94. The predicted octanol–water partition coefficient (Wildman–Crippen LogP) is 2.60. The molecule has 0 saturated carbocycles. The number of hydrogen-bond acceptors (Lipinski definition) is 4. The van der Waals surface area contributed by atoms with E-state index in [1.54, 1.807) is 12.1 Å². The third-order valence-electron chi connectivity index (χ3n) is 2.75. The molecule has 1 rings (SSSR count). The van der Waals surface area contributed by atoms with E-state index in [4.69, 9.17) is 16.3 Å². The highest BCUT2D eigenvalue weighted by Crippen LogP contribution is 2.15. The maximum Gasteiger partial charge on any atom is 0.319 e. The van der Waals surface area contributed by atoms with E-state index in [2.05, 4.69) is 4.74 Å². The molecule has 0 fully saturated rings. The molecule has 0 saturated heterocycles. The highest BCUT2D eigenvalue weighted by molar-refractivity contribution is 6.30. The number of carbonyl (C=O) groups is 1. The van der Waals surface area contributed by atoms with Crippen LogP contribution in [0.4, 0.5) is 0 Å². The first-order valence-corrected chi connectivity index (χ1v) is 6.60. The quantitative estimate of drug-likeness (QED) is 0.722. The van der Waals surface area contributed by atoms with E-state index in [0.717, 1.165) is 5.75 Å². The number of nitrogens with zero attached hydrogens (tertiary/aromatic N) is 1. The first-order chi connectivity index (χ1) is 9.02. The average Bonchev–Trinajstić information content (AvgIpc) is 2.39. The van der Waals surface area contributed by atoms with Crippen molar-refractivity contribution < 1.29 is 14.3 Å². The predicted molar refractivity (Wildman–Crippen MR) is 75.7 cm³/mol. The molecule has 0 atom stereocenters. The summed E-state index contributed by atoms with van der Waals surface area (Å²) in [6.07, 6.45) is 0. The zero-order valence-electron chi connectivity index (χ0n) is 11.6. The lowest BCUT2D eigenvalue weighted by Crippen LogP contribution is -2.38. The van der Waals surface area contributed by atoms with Gasteiger partial charge in [0.05, 0.1) is 13.7 Å². The van der Waals surface area contributed by atoms with Crippen LogP contribution in [0, 0.1) is 0 Å². The molecule has 1 aromatic rings. The highest BCUT2D eigenvalue weighted by Gasteiger charge is 2.14. The Morgan fingerprint density at radius 1 is 1.32 bits per heavy atom. The zero-order chi connectivity index (χ0) is 14.3. The van der Waals surface area contributed by atoms with Gasteiger partial charge >= 0.3 is 5.97 Å². The summed E-state index contributed by atoms with van der Waals surface area (Å²) < 4.78 is 10.3. The van der Waals surface area contributed by atoms with Crippen molar-refractivity contribution in [1.29, 1.82) is 0 Å². The van der Waals surface area contributed by atoms with E-state index in [9.17, 15) is 4.79 Å². The van der Waals surface area contributed by atoms with Gasteiger partial charge in [-0.2, -0.15) is 0 Å². The number of ether oxygens (including phenoxy) is 2. The minimum absolute atomic E-state index is 0.236. The first kappa shape index (κ1) is 15.8. The molecule has 0 heterocycles. The number of methoxy groups -OCH3 is 1. The van der Waals surface area contributed by atoms with Crippen LogP contribution in [0.15, 0.2) is 24.3 Å². The Morgan fingerprint density at radius 3 is 2.47 bits per heavy atom. The van der Waals surface area contributed by atoms with Crippen molar-refractivity contribution in [2.24, 2.45) is 0 Å². The van der Waals surface area contributed by atoms with Crippen molar-refractivity contribution in [2.75, 3.05) is 26.8 Å². The molecule has 0 aliphatic carbocycles. The van der Waals surface area contributed by atoms with E-state index in [0.29, 0.717) is 18.2 Å². The third-order valence-corrected chi connectivity index (χ3v) is 3.00. The van der Waals surface area contributed by atoms with Crippen LogP contribution in [0.3, 0.4) is 0 Å². The van der Waals surface area contributed by atoms with Gasteiger partial charge < -0.3 is 9.47 Å². The number of carbonyl (C=O) groups excluding carboxylic acids is 1. The van der Waals surface area contributed by atoms with Gasteiger partial charge in [0.2, 0.25) is 0 Å². The summed E-state index contributed by atoms with van der Waals surface area (Å²) in [5.41, 5.74) is 0. The van der Waals surface area contributed by atoms with Gasteiger partial charge in [-0.05, 0) is 38.1 Å². The molecule has 0 amide bonds. The number of benzene rings is 1. The van der Waals surface area contributed by atoms with Crippen LogP contribution in [0.2, 0.25) is 5.02 Å². The number of rotatable bonds is 7. The van der Waals surface area contributed by atoms with Gasteiger partial charge in [0, 0.05) is 17.6 Å². The van der Waals surface area contributed by atoms with Crippen LogP contribution in [0.1, 0.15) is 13.8 Å². The normalized spacial score (nSPS) is 10.8. The Kier molecular flexibility index (Phi) is 6.67. The van der Waals surface area contributed by atoms with Crippen molar-refractivity contribution in [3.05, 3.63) is 29.3 Å². The SMILES string of the molecule is COC(=O)CN(CCOc1ccc(Cl)cc1)C(C)C. The first-order valence-electron chi connectivity index (χ1n) is 6.22. The average molecular weight is 286 g/mol. The summed E-state index contributed by atoms with van der Waals surface area (Å²) in [6.45, 7) is 5.51. The minimum Gasteiger partial charge on any atom is -0.492 e. The molecular formula is C14H20ClNO3. The second-order valence-corrected chi connectivity index (χ2v) is 4.88. The molecule has 0 spiro atoms. The molecule has 0 aliphatic rings. The Morgan fingerprint density at radius 2 is 1.95 bits per heavy atom. The van der Waals surface area contributed by atoms with Gasteiger partial charge in [-0.15, -0.1) is 0 Å². The van der Waals surface area contributed by atoms with Crippen LogP contribution < -0.4 is 4.74 Å². The van der Waals surface area contributed by atoms with Gasteiger partial charge in [-0.3, -0.25) is 9.69 Å². The fourth-order valence-electron chi connectivity index (χ4n) is 1.56. The number of hydrogen-bond donors (Lipinski definition) is 0. The largest absolute Gasteiger partial charge is 0.492 e. The number of halogens is 1. The lowest BCUT2D eigenvalue weighted by molar-refractivity contribution is -0.142. The summed E-state index contributed by atoms with van der Waals surface area (Å²) in [4.78, 5) is 13.3. The van der Waals surface area contributed by atoms with Gasteiger partial charge in [0.15, 0.2) is 0 Å². The van der Waals surface area contributed by atoms with Crippen molar-refractivity contribution in [1.82, 2.24) is 4.90 Å². The van der Waals surface area contributed by atoms with Gasteiger partial charge in [-0.1, -0.05) is 11.6 Å². The van der Waals surface area contributed by atoms with Crippen molar-refractivity contribution >= 4 is 17.6 Å². The van der Waals surface area contributed by atoms with Crippen LogP contribution in [-0.4, -0.2) is 43.7 Å². The van der Waals surface area contributed by atoms with Crippen molar-refractivity contribution in [2.45, 2.75) is 19.9 Å². The summed E-state index contributed by atoms with van der Waals surface area (Å²) >= 11 is 5.80. The Hall–Kier alpha value is -1.26. The second-order valence-electron chi connectivity index (χ2n) is 4.44. The molecule has 106 valence electrons. The molecule has 5 heteroatoms. The lowest BCUT2D eigenvalue weighted by Gasteiger charge is -2.24. The topological polar surface area (TPSA) is 38.8 Å². The summed E-state index contributed by atoms with van der Waals surface area (Å²) in [5, 5.41) is 0.682. The minimum atomic E-state index is -0.236. The van der Waals surface area contributed by atoms with E-state index in [1.807, 2.05) is 30.9 Å². The maximum absolute atomic E-state index is 11.3. The highest BCUT2D eigenvalue weighted by atomic mass is 35.5. The second kappa shape index (κ2) is 8.02. The lowest BCUT2D eigenvalue weighted by atomic mass is 10.3. The molecule has 19 heavy (non-hydrogen) atoms. The summed E-state index contributed by atoms with van der Waals surface area (Å²) in [5.74, 6) is 0.534. The molecule has 0 N–H and O–H groups in total. The fourth-order valence-corrected chi connectivity index (χ4v) is 1.69. The van der Waals surface area contributed by atoms with E-state index < -0.39 is 0 Å². The molecule has 0 unspecified atom stereocenters. The Bertz CT molecular complexity index is 392. The molecular weight excluding hydrogens is 266 g/mol. The molecule has 0 radical (unpaired) electrons. The molecule has 0 bridgehead atoms. The van der Waals surface area contributed by atoms with E-state index in [-0.39, 0.29) is 18.6 Å². The van der Waals surface area contributed by atoms with Crippen molar-refractivity contribution in [3.63, 3.8) is 0 Å². The van der Waals surface area contributed by atoms with Crippen LogP contribution in [0.5, 0.6) is 5.75 Å². The summed E-state index contributed by atoms with van der Waals surface area (Å²) in [7, 11) is 1.39. The molecule has 0 aromatic heterocycles. The molecule has 4 nitrogen and oxygen atoms in total. The monoisotopic (exact) mass is 285 g/mol. The van der Waals surface area contributed by atoms with Gasteiger partial charge in [-0.25, -0.2) is 0 Å². The maximum atomic E-state index is 11.3. The van der Waals surface area contributed by atoms with Crippen LogP contribution in [0.25, 0.3) is 0 Å². The zero-order valence-corrected chi connectivity index (χ0v) is 12.3. The smallest absolute Gasteiger partial charge is 0.319 e. The van der Waals surface area contributed by atoms with Crippen molar-refractivity contribution in [3.8, 4) is 5.75 Å². The van der Waals surface area contributed by atoms with E-state index in [1.165, 1.54) is 7.11 Å². The number of esters is 1.